The Morgan fingerprint density at radius 2 is 2.12 bits per heavy atom. The van der Waals surface area contributed by atoms with E-state index in [1.807, 2.05) is 6.92 Å². The number of benzene rings is 1. The lowest BCUT2D eigenvalue weighted by Gasteiger charge is -2.16. The molecule has 1 saturated carbocycles. The van der Waals surface area contributed by atoms with Gasteiger partial charge in [0.05, 0.1) is 4.90 Å². The molecule has 1 aromatic carbocycles. The lowest BCUT2D eigenvalue weighted by Crippen LogP contribution is -2.43. The first-order chi connectivity index (χ1) is 12.4. The lowest BCUT2D eigenvalue weighted by atomic mass is 10.1. The molecule has 2 unspecified atom stereocenters. The Bertz CT molecular complexity index is 802. The number of aliphatic imine (C=N–C) groups is 1. The summed E-state index contributed by atoms with van der Waals surface area (Å²) in [4.78, 5) is 17.3. The zero-order valence-electron chi connectivity index (χ0n) is 14.9. The molecule has 1 amide bonds. The van der Waals surface area contributed by atoms with Gasteiger partial charge in [-0.1, -0.05) is 31.9 Å². The second kappa shape index (κ2) is 7.75. The van der Waals surface area contributed by atoms with Gasteiger partial charge in [0.2, 0.25) is 5.91 Å². The van der Waals surface area contributed by atoms with Crippen LogP contribution in [0.25, 0.3) is 0 Å². The van der Waals surface area contributed by atoms with Crippen LogP contribution < -0.4 is 15.8 Å². The van der Waals surface area contributed by atoms with E-state index in [-0.39, 0.29) is 22.7 Å². The van der Waals surface area contributed by atoms with E-state index >= 15 is 0 Å². The molecule has 7 nitrogen and oxygen atoms in total. The van der Waals surface area contributed by atoms with Crippen molar-refractivity contribution in [3.8, 4) is 0 Å². The van der Waals surface area contributed by atoms with E-state index in [0.717, 1.165) is 25.7 Å². The number of nitrogens with zero attached hydrogens (tertiary/aromatic N) is 1. The summed E-state index contributed by atoms with van der Waals surface area (Å²) in [5, 5.41) is 2.88. The Morgan fingerprint density at radius 1 is 1.38 bits per heavy atom. The molecule has 1 aromatic rings. The molecule has 0 bridgehead atoms. The van der Waals surface area contributed by atoms with Gasteiger partial charge >= 0.3 is 0 Å². The number of fused-ring (bicyclic) bond motifs is 1. The molecule has 1 heterocycles. The third kappa shape index (κ3) is 4.24. The molecule has 8 heteroatoms. The third-order valence-corrected chi connectivity index (χ3v) is 6.22. The number of rotatable bonds is 8. The minimum atomic E-state index is -3.61. The first-order valence-electron chi connectivity index (χ1n) is 9.15. The molecule has 1 aliphatic carbocycles. The van der Waals surface area contributed by atoms with Crippen LogP contribution in [0.1, 0.15) is 44.6 Å². The number of unbranched alkanes of at least 4 members (excludes halogenated alkanes) is 1. The highest BCUT2D eigenvalue weighted by atomic mass is 32.2. The summed E-state index contributed by atoms with van der Waals surface area (Å²) >= 11 is 0. The SMILES string of the molecule is CCCCC(N=C1NS(=O)(=O)c2ccccc21)C(=O)NCC(N)C1CC1. The molecule has 0 aromatic heterocycles. The zero-order valence-corrected chi connectivity index (χ0v) is 15.8. The molecule has 0 spiro atoms. The second-order valence-electron chi connectivity index (χ2n) is 6.98. The number of hydrogen-bond donors (Lipinski definition) is 3. The van der Waals surface area contributed by atoms with Crippen LogP contribution in [-0.4, -0.2) is 38.8 Å². The van der Waals surface area contributed by atoms with Gasteiger partial charge in [-0.05, 0) is 37.3 Å². The predicted molar refractivity (Wildman–Crippen MR) is 100 cm³/mol. The number of amides is 1. The van der Waals surface area contributed by atoms with E-state index in [2.05, 4.69) is 15.0 Å². The number of carbonyl (C=O) groups excluding carboxylic acids is 1. The Kier molecular flexibility index (Phi) is 5.62. The van der Waals surface area contributed by atoms with Gasteiger partial charge in [-0.2, -0.15) is 0 Å². The summed E-state index contributed by atoms with van der Waals surface area (Å²) in [6.07, 6.45) is 4.57. The van der Waals surface area contributed by atoms with Crippen LogP contribution in [-0.2, 0) is 14.8 Å². The minimum absolute atomic E-state index is 0.0239. The standard InChI is InChI=1S/C18H26N4O3S/c1-2-3-7-15(18(23)20-11-14(19)12-9-10-12)21-17-13-6-4-5-8-16(13)26(24,25)22-17/h4-6,8,12,14-15H,2-3,7,9-11,19H2,1H3,(H,20,23)(H,21,22). The number of amidine groups is 1. The van der Waals surface area contributed by atoms with Crippen LogP contribution in [0, 0.1) is 5.92 Å². The van der Waals surface area contributed by atoms with Gasteiger partial charge in [0.15, 0.2) is 0 Å². The molecule has 3 rings (SSSR count). The van der Waals surface area contributed by atoms with Crippen molar-refractivity contribution in [1.82, 2.24) is 10.0 Å². The molecular formula is C18H26N4O3S. The maximum Gasteiger partial charge on any atom is 0.263 e. The van der Waals surface area contributed by atoms with E-state index in [4.69, 9.17) is 5.73 Å². The molecule has 1 aliphatic heterocycles. The van der Waals surface area contributed by atoms with Crippen LogP contribution in [0.4, 0.5) is 0 Å². The molecule has 4 N–H and O–H groups in total. The normalized spacial score (nSPS) is 21.7. The lowest BCUT2D eigenvalue weighted by molar-refractivity contribution is -0.122. The minimum Gasteiger partial charge on any atom is -0.353 e. The van der Waals surface area contributed by atoms with Crippen molar-refractivity contribution in [2.75, 3.05) is 6.54 Å². The Hall–Kier alpha value is -1.93. The van der Waals surface area contributed by atoms with Crippen molar-refractivity contribution in [3.05, 3.63) is 29.8 Å². The van der Waals surface area contributed by atoms with Crippen molar-refractivity contribution >= 4 is 21.8 Å². The van der Waals surface area contributed by atoms with E-state index in [1.54, 1.807) is 18.2 Å². The van der Waals surface area contributed by atoms with Crippen molar-refractivity contribution in [2.24, 2.45) is 16.6 Å². The number of nitrogens with one attached hydrogen (secondary N) is 2. The topological polar surface area (TPSA) is 114 Å². The van der Waals surface area contributed by atoms with E-state index in [0.29, 0.717) is 24.4 Å². The molecule has 142 valence electrons. The molecular weight excluding hydrogens is 352 g/mol. The maximum atomic E-state index is 12.6. The number of sulfonamides is 1. The summed E-state index contributed by atoms with van der Waals surface area (Å²) in [5.74, 6) is 0.540. The summed E-state index contributed by atoms with van der Waals surface area (Å²) < 4.78 is 26.9. The first-order valence-corrected chi connectivity index (χ1v) is 10.6. The molecule has 1 fully saturated rings. The molecule has 26 heavy (non-hydrogen) atoms. The van der Waals surface area contributed by atoms with Crippen molar-refractivity contribution in [2.45, 2.75) is 56.0 Å². The number of nitrogens with two attached hydrogens (primary N) is 1. The fourth-order valence-electron chi connectivity index (χ4n) is 3.06. The highest BCUT2D eigenvalue weighted by Crippen LogP contribution is 2.31. The summed E-state index contributed by atoms with van der Waals surface area (Å²) in [6.45, 7) is 2.47. The second-order valence-corrected chi connectivity index (χ2v) is 8.63. The summed E-state index contributed by atoms with van der Waals surface area (Å²) in [7, 11) is -3.61. The summed E-state index contributed by atoms with van der Waals surface area (Å²) in [6, 6.07) is 6.00. The molecule has 2 atom stereocenters. The smallest absolute Gasteiger partial charge is 0.263 e. The largest absolute Gasteiger partial charge is 0.353 e. The van der Waals surface area contributed by atoms with E-state index in [9.17, 15) is 13.2 Å². The third-order valence-electron chi connectivity index (χ3n) is 4.82. The van der Waals surface area contributed by atoms with Gasteiger partial charge in [-0.25, -0.2) is 8.42 Å². The molecule has 0 radical (unpaired) electrons. The highest BCUT2D eigenvalue weighted by molar-refractivity contribution is 7.90. The Balaban J connectivity index is 1.77. The van der Waals surface area contributed by atoms with Gasteiger partial charge in [0.1, 0.15) is 11.9 Å². The van der Waals surface area contributed by atoms with E-state index < -0.39 is 16.1 Å². The zero-order chi connectivity index (χ0) is 18.7. The maximum absolute atomic E-state index is 12.6. The van der Waals surface area contributed by atoms with Gasteiger partial charge in [0.25, 0.3) is 10.0 Å². The van der Waals surface area contributed by atoms with Crippen molar-refractivity contribution < 1.29 is 13.2 Å². The monoisotopic (exact) mass is 378 g/mol. The first kappa shape index (κ1) is 18.8. The summed E-state index contributed by atoms with van der Waals surface area (Å²) in [5.41, 5.74) is 6.56. The fraction of sp³-hybridized carbons (Fsp3) is 0.556. The van der Waals surface area contributed by atoms with Crippen LogP contribution in [0.2, 0.25) is 0 Å². The molecule has 2 aliphatic rings. The van der Waals surface area contributed by atoms with E-state index in [1.165, 1.54) is 6.07 Å². The van der Waals surface area contributed by atoms with Gasteiger partial charge in [0, 0.05) is 18.2 Å². The van der Waals surface area contributed by atoms with Crippen molar-refractivity contribution in [1.29, 1.82) is 0 Å². The highest BCUT2D eigenvalue weighted by Gasteiger charge is 2.32. The van der Waals surface area contributed by atoms with Gasteiger partial charge in [-0.3, -0.25) is 14.5 Å². The number of carbonyl (C=O) groups is 1. The van der Waals surface area contributed by atoms with Gasteiger partial charge < -0.3 is 11.1 Å². The van der Waals surface area contributed by atoms with Crippen LogP contribution in [0.3, 0.4) is 0 Å². The van der Waals surface area contributed by atoms with Crippen LogP contribution in [0.15, 0.2) is 34.2 Å². The average Bonchev–Trinajstić information content (AvgIpc) is 3.43. The Labute approximate surface area is 154 Å². The quantitative estimate of drug-likeness (QED) is 0.629. The molecule has 0 saturated heterocycles. The fourth-order valence-corrected chi connectivity index (χ4v) is 4.30. The average molecular weight is 378 g/mol. The van der Waals surface area contributed by atoms with Crippen LogP contribution in [0.5, 0.6) is 0 Å². The predicted octanol–water partition coefficient (Wildman–Crippen LogP) is 1.14. The van der Waals surface area contributed by atoms with Gasteiger partial charge in [-0.15, -0.1) is 0 Å². The Morgan fingerprint density at radius 3 is 2.81 bits per heavy atom. The van der Waals surface area contributed by atoms with Crippen LogP contribution >= 0.6 is 0 Å². The van der Waals surface area contributed by atoms with Crippen molar-refractivity contribution in [3.63, 3.8) is 0 Å². The number of hydrogen-bond acceptors (Lipinski definition) is 5.